The molecule has 6 atom stereocenters. The summed E-state index contributed by atoms with van der Waals surface area (Å²) in [4.78, 5) is 17.9. The molecule has 0 amide bonds. The van der Waals surface area contributed by atoms with E-state index in [0.717, 1.165) is 51.2 Å². The predicted octanol–water partition coefficient (Wildman–Crippen LogP) is 4.52. The zero-order valence-corrected chi connectivity index (χ0v) is 19.9. The van der Waals surface area contributed by atoms with Crippen molar-refractivity contribution in [1.29, 1.82) is 0 Å². The fourth-order valence-electron chi connectivity index (χ4n) is 7.10. The van der Waals surface area contributed by atoms with E-state index in [2.05, 4.69) is 42.4 Å². The maximum atomic E-state index is 12.9. The lowest BCUT2D eigenvalue weighted by atomic mass is 9.55. The van der Waals surface area contributed by atoms with Crippen molar-refractivity contribution in [3.05, 3.63) is 36.4 Å². The van der Waals surface area contributed by atoms with Gasteiger partial charge in [0.2, 0.25) is 0 Å². The number of benzene rings is 1. The van der Waals surface area contributed by atoms with Crippen LogP contribution < -0.4 is 9.64 Å². The standard InChI is InChI=1S/C27H38N2O3/c1-18-6-5-11-27(3)15-25-22(14-24(18)27)23(26(30)32-25)17-28-12-13-29(19(2)16-28)20-7-9-21(31-4)10-8-20/h7-10,19,22-25H,1,5-6,11-17H2,2-4H3/t19-,22+,23+,24-,25+,27+/m0/s1. The highest BCUT2D eigenvalue weighted by Crippen LogP contribution is 2.57. The molecule has 0 bridgehead atoms. The van der Waals surface area contributed by atoms with Crippen LogP contribution in [0.25, 0.3) is 0 Å². The van der Waals surface area contributed by atoms with Gasteiger partial charge in [0.15, 0.2) is 0 Å². The van der Waals surface area contributed by atoms with Gasteiger partial charge in [-0.15, -0.1) is 0 Å². The second kappa shape index (κ2) is 8.40. The molecule has 5 heteroatoms. The average molecular weight is 439 g/mol. The molecule has 0 aromatic heterocycles. The lowest BCUT2D eigenvalue weighted by molar-refractivity contribution is -0.146. The van der Waals surface area contributed by atoms with Crippen molar-refractivity contribution in [2.45, 2.75) is 58.1 Å². The van der Waals surface area contributed by atoms with Crippen molar-refractivity contribution in [1.82, 2.24) is 4.90 Å². The van der Waals surface area contributed by atoms with Crippen LogP contribution in [0, 0.1) is 23.2 Å². The van der Waals surface area contributed by atoms with Crippen LogP contribution >= 0.6 is 0 Å². The molecule has 2 aliphatic carbocycles. The number of hydrogen-bond donors (Lipinski definition) is 0. The van der Waals surface area contributed by atoms with Gasteiger partial charge < -0.3 is 14.4 Å². The average Bonchev–Trinajstić information content (AvgIpc) is 3.06. The maximum absolute atomic E-state index is 12.9. The molecule has 4 fully saturated rings. The quantitative estimate of drug-likeness (QED) is 0.511. The van der Waals surface area contributed by atoms with Crippen LogP contribution in [0.3, 0.4) is 0 Å². The minimum Gasteiger partial charge on any atom is -0.497 e. The number of rotatable bonds is 4. The number of anilines is 1. The summed E-state index contributed by atoms with van der Waals surface area (Å²) in [5, 5.41) is 0. The number of fused-ring (bicyclic) bond motifs is 2. The normalized spacial score (nSPS) is 37.6. The molecule has 0 radical (unpaired) electrons. The highest BCUT2D eigenvalue weighted by molar-refractivity contribution is 5.75. The molecule has 2 aliphatic heterocycles. The van der Waals surface area contributed by atoms with Crippen LogP contribution in [-0.4, -0.2) is 56.3 Å². The molecule has 2 heterocycles. The van der Waals surface area contributed by atoms with Gasteiger partial charge in [-0.3, -0.25) is 9.69 Å². The van der Waals surface area contributed by atoms with Crippen molar-refractivity contribution in [2.75, 3.05) is 38.2 Å². The third kappa shape index (κ3) is 3.83. The smallest absolute Gasteiger partial charge is 0.310 e. The van der Waals surface area contributed by atoms with Crippen LogP contribution in [0.15, 0.2) is 36.4 Å². The number of hydrogen-bond acceptors (Lipinski definition) is 5. The SMILES string of the molecule is C=C1CCC[C@]2(C)C[C@H]3OC(=O)[C@H](CN4CCN(c5ccc(OC)cc5)[C@@H](C)C4)[C@H]3C[C@@H]12. The fourth-order valence-corrected chi connectivity index (χ4v) is 7.10. The number of piperazine rings is 1. The lowest BCUT2D eigenvalue weighted by Gasteiger charge is -2.50. The van der Waals surface area contributed by atoms with E-state index in [4.69, 9.17) is 9.47 Å². The Labute approximate surface area is 192 Å². The summed E-state index contributed by atoms with van der Waals surface area (Å²) in [6.45, 7) is 12.9. The van der Waals surface area contributed by atoms with Crippen LogP contribution in [0.4, 0.5) is 5.69 Å². The van der Waals surface area contributed by atoms with Gasteiger partial charge in [0, 0.05) is 43.8 Å². The van der Waals surface area contributed by atoms with Gasteiger partial charge in [-0.05, 0) is 74.6 Å². The highest BCUT2D eigenvalue weighted by Gasteiger charge is 2.55. The van der Waals surface area contributed by atoms with Crippen LogP contribution in [0.2, 0.25) is 0 Å². The Bertz CT molecular complexity index is 868. The molecule has 0 spiro atoms. The van der Waals surface area contributed by atoms with Gasteiger partial charge in [-0.25, -0.2) is 0 Å². The van der Waals surface area contributed by atoms with E-state index < -0.39 is 0 Å². The summed E-state index contributed by atoms with van der Waals surface area (Å²) in [7, 11) is 1.70. The van der Waals surface area contributed by atoms with Gasteiger partial charge in [0.1, 0.15) is 11.9 Å². The second-order valence-electron chi connectivity index (χ2n) is 10.9. The molecule has 1 aromatic rings. The Balaban J connectivity index is 1.24. The van der Waals surface area contributed by atoms with E-state index in [9.17, 15) is 4.79 Å². The number of methoxy groups -OCH3 is 1. The van der Waals surface area contributed by atoms with Gasteiger partial charge in [0.05, 0.1) is 13.0 Å². The van der Waals surface area contributed by atoms with E-state index in [-0.39, 0.29) is 23.4 Å². The highest BCUT2D eigenvalue weighted by atomic mass is 16.6. The van der Waals surface area contributed by atoms with Crippen LogP contribution in [0.1, 0.15) is 46.0 Å². The van der Waals surface area contributed by atoms with E-state index in [1.807, 2.05) is 12.1 Å². The largest absolute Gasteiger partial charge is 0.497 e. The van der Waals surface area contributed by atoms with E-state index in [1.54, 1.807) is 7.11 Å². The Morgan fingerprint density at radius 3 is 2.75 bits per heavy atom. The molecule has 0 unspecified atom stereocenters. The third-order valence-corrected chi connectivity index (χ3v) is 8.89. The van der Waals surface area contributed by atoms with E-state index in [0.29, 0.717) is 17.9 Å². The molecular weight excluding hydrogens is 400 g/mol. The number of esters is 1. The van der Waals surface area contributed by atoms with Gasteiger partial charge in [-0.1, -0.05) is 19.1 Å². The molecular formula is C27H38N2O3. The Morgan fingerprint density at radius 1 is 1.25 bits per heavy atom. The summed E-state index contributed by atoms with van der Waals surface area (Å²) >= 11 is 0. The van der Waals surface area contributed by atoms with Crippen molar-refractivity contribution in [3.63, 3.8) is 0 Å². The Morgan fingerprint density at radius 2 is 2.03 bits per heavy atom. The van der Waals surface area contributed by atoms with Crippen molar-refractivity contribution >= 4 is 11.7 Å². The zero-order chi connectivity index (χ0) is 22.5. The summed E-state index contributed by atoms with van der Waals surface area (Å²) in [6, 6.07) is 8.73. The number of carbonyl (C=O) groups is 1. The monoisotopic (exact) mass is 438 g/mol. The van der Waals surface area contributed by atoms with Gasteiger partial charge in [0.25, 0.3) is 0 Å². The maximum Gasteiger partial charge on any atom is 0.310 e. The molecule has 2 saturated heterocycles. The zero-order valence-electron chi connectivity index (χ0n) is 19.9. The summed E-state index contributed by atoms with van der Waals surface area (Å²) < 4.78 is 11.3. The number of allylic oxidation sites excluding steroid dienone is 1. The fraction of sp³-hybridized carbons (Fsp3) is 0.667. The first-order valence-electron chi connectivity index (χ1n) is 12.4. The Kier molecular flexibility index (Phi) is 5.73. The third-order valence-electron chi connectivity index (χ3n) is 8.89. The minimum absolute atomic E-state index is 0.0130. The molecule has 1 aromatic carbocycles. The first kappa shape index (κ1) is 21.8. The molecule has 32 heavy (non-hydrogen) atoms. The van der Waals surface area contributed by atoms with Crippen molar-refractivity contribution in [3.8, 4) is 5.75 Å². The second-order valence-corrected chi connectivity index (χ2v) is 10.9. The predicted molar refractivity (Wildman–Crippen MR) is 127 cm³/mol. The van der Waals surface area contributed by atoms with Gasteiger partial charge in [-0.2, -0.15) is 0 Å². The van der Waals surface area contributed by atoms with Crippen molar-refractivity contribution in [2.24, 2.45) is 23.2 Å². The number of nitrogens with zero attached hydrogens (tertiary/aromatic N) is 2. The van der Waals surface area contributed by atoms with Crippen LogP contribution in [0.5, 0.6) is 5.75 Å². The number of carbonyl (C=O) groups excluding carboxylic acids is 1. The van der Waals surface area contributed by atoms with Gasteiger partial charge >= 0.3 is 5.97 Å². The van der Waals surface area contributed by atoms with E-state index >= 15 is 0 Å². The minimum atomic E-state index is 0.0130. The summed E-state index contributed by atoms with van der Waals surface area (Å²) in [6.07, 6.45) is 5.84. The molecule has 5 nitrogen and oxygen atoms in total. The molecule has 174 valence electrons. The summed E-state index contributed by atoms with van der Waals surface area (Å²) in [5.74, 6) is 1.85. The first-order valence-corrected chi connectivity index (χ1v) is 12.4. The topological polar surface area (TPSA) is 42.0 Å². The molecule has 2 saturated carbocycles. The first-order chi connectivity index (χ1) is 15.4. The Hall–Kier alpha value is -2.01. The molecule has 5 rings (SSSR count). The number of ether oxygens (including phenoxy) is 2. The molecule has 4 aliphatic rings. The van der Waals surface area contributed by atoms with E-state index in [1.165, 1.54) is 24.1 Å². The molecule has 0 N–H and O–H groups in total. The summed E-state index contributed by atoms with van der Waals surface area (Å²) in [5.41, 5.74) is 2.92. The van der Waals surface area contributed by atoms with Crippen LogP contribution in [-0.2, 0) is 9.53 Å². The lowest BCUT2D eigenvalue weighted by Crippen LogP contribution is -2.54. The van der Waals surface area contributed by atoms with Crippen molar-refractivity contribution < 1.29 is 14.3 Å².